The number of anilines is 1. The fourth-order valence-electron chi connectivity index (χ4n) is 3.79. The van der Waals surface area contributed by atoms with E-state index < -0.39 is 10.0 Å². The first kappa shape index (κ1) is 24.2. The van der Waals surface area contributed by atoms with Gasteiger partial charge >= 0.3 is 0 Å². The first-order valence-electron chi connectivity index (χ1n) is 10.5. The first-order chi connectivity index (χ1) is 16.4. The molecule has 0 atom stereocenters. The maximum Gasteiger partial charge on any atom is 0.243 e. The number of hydrogen-bond acceptors (Lipinski definition) is 8. The number of rotatable bonds is 7. The summed E-state index contributed by atoms with van der Waals surface area (Å²) in [6, 6.07) is 14.1. The lowest BCUT2D eigenvalue weighted by atomic mass is 10.1. The van der Waals surface area contributed by atoms with Gasteiger partial charge in [-0.15, -0.1) is 10.2 Å². The normalized spacial score (nSPS) is 14.6. The maximum absolute atomic E-state index is 12.9. The van der Waals surface area contributed by atoms with E-state index in [4.69, 9.17) is 14.2 Å². The highest BCUT2D eigenvalue weighted by atomic mass is 79.9. The zero-order valence-electron chi connectivity index (χ0n) is 19.1. The van der Waals surface area contributed by atoms with Gasteiger partial charge in [0, 0.05) is 36.2 Å². The van der Waals surface area contributed by atoms with Crippen LogP contribution in [0.15, 0.2) is 57.9 Å². The lowest BCUT2D eigenvalue weighted by molar-refractivity contribution is 0.324. The van der Waals surface area contributed by atoms with Crippen LogP contribution in [0.3, 0.4) is 0 Å². The van der Waals surface area contributed by atoms with Gasteiger partial charge in [0.25, 0.3) is 0 Å². The van der Waals surface area contributed by atoms with Crippen molar-refractivity contribution in [1.82, 2.24) is 14.5 Å². The average molecular weight is 549 g/mol. The topological polar surface area (TPSA) is 94.1 Å². The monoisotopic (exact) mass is 548 g/mol. The van der Waals surface area contributed by atoms with Crippen molar-refractivity contribution < 1.29 is 22.6 Å². The van der Waals surface area contributed by atoms with Crippen LogP contribution in [0.2, 0.25) is 0 Å². The molecule has 1 aliphatic rings. The summed E-state index contributed by atoms with van der Waals surface area (Å²) in [4.78, 5) is 2.32. The van der Waals surface area contributed by atoms with Crippen LogP contribution in [0.4, 0.5) is 5.82 Å². The van der Waals surface area contributed by atoms with Gasteiger partial charge in [0.15, 0.2) is 17.3 Å². The lowest BCUT2D eigenvalue weighted by Crippen LogP contribution is -2.48. The molecule has 0 saturated carbocycles. The van der Waals surface area contributed by atoms with E-state index in [9.17, 15) is 8.42 Å². The van der Waals surface area contributed by atoms with Gasteiger partial charge in [-0.25, -0.2) is 8.42 Å². The molecule has 0 radical (unpaired) electrons. The number of aromatic nitrogens is 2. The summed E-state index contributed by atoms with van der Waals surface area (Å²) in [5, 5.41) is 8.75. The first-order valence-corrected chi connectivity index (χ1v) is 12.8. The predicted octanol–water partition coefficient (Wildman–Crippen LogP) is 3.44. The fraction of sp³-hybridized carbons (Fsp3) is 0.304. The molecule has 0 N–H and O–H groups in total. The smallest absolute Gasteiger partial charge is 0.243 e. The van der Waals surface area contributed by atoms with Gasteiger partial charge in [-0.05, 0) is 48.5 Å². The van der Waals surface area contributed by atoms with E-state index in [0.717, 1.165) is 10.0 Å². The number of sulfonamides is 1. The van der Waals surface area contributed by atoms with Gasteiger partial charge in [-0.3, -0.25) is 0 Å². The molecule has 11 heteroatoms. The Morgan fingerprint density at radius 2 is 1.44 bits per heavy atom. The number of piperazine rings is 1. The molecular weight excluding hydrogens is 524 g/mol. The molecule has 0 unspecified atom stereocenters. The van der Waals surface area contributed by atoms with E-state index in [1.807, 2.05) is 29.2 Å². The standard InChI is InChI=1S/C23H25BrN4O5S/c1-31-20-14-16(15-21(32-2)23(20)33-3)19-8-9-22(26-25-19)27-10-12-28(13-11-27)34(29,30)18-6-4-17(24)5-7-18/h4-9,14-15H,10-13H2,1-3H3. The zero-order valence-corrected chi connectivity index (χ0v) is 21.5. The molecule has 1 aliphatic heterocycles. The van der Waals surface area contributed by atoms with Crippen molar-refractivity contribution in [2.75, 3.05) is 52.4 Å². The van der Waals surface area contributed by atoms with Gasteiger partial charge in [0.05, 0.1) is 31.9 Å². The zero-order chi connectivity index (χ0) is 24.3. The Morgan fingerprint density at radius 3 is 1.94 bits per heavy atom. The minimum absolute atomic E-state index is 0.290. The largest absolute Gasteiger partial charge is 0.493 e. The molecule has 0 spiro atoms. The number of hydrogen-bond donors (Lipinski definition) is 0. The second-order valence-corrected chi connectivity index (χ2v) is 10.4. The van der Waals surface area contributed by atoms with E-state index in [2.05, 4.69) is 26.1 Å². The van der Waals surface area contributed by atoms with Crippen molar-refractivity contribution in [2.24, 2.45) is 0 Å². The van der Waals surface area contributed by atoms with Crippen LogP contribution in [0, 0.1) is 0 Å². The predicted molar refractivity (Wildman–Crippen MR) is 132 cm³/mol. The summed E-state index contributed by atoms with van der Waals surface area (Å²) in [5.74, 6) is 2.27. The molecule has 0 aliphatic carbocycles. The van der Waals surface area contributed by atoms with Crippen molar-refractivity contribution in [1.29, 1.82) is 0 Å². The SMILES string of the molecule is COc1cc(-c2ccc(N3CCN(S(=O)(=O)c4ccc(Br)cc4)CC3)nn2)cc(OC)c1OC. The van der Waals surface area contributed by atoms with Crippen LogP contribution in [-0.4, -0.2) is 70.4 Å². The Balaban J connectivity index is 1.47. The van der Waals surface area contributed by atoms with Crippen LogP contribution in [0.25, 0.3) is 11.3 Å². The van der Waals surface area contributed by atoms with Gasteiger partial charge < -0.3 is 19.1 Å². The van der Waals surface area contributed by atoms with Crippen molar-refractivity contribution >= 4 is 31.8 Å². The van der Waals surface area contributed by atoms with Crippen LogP contribution in [0.5, 0.6) is 17.2 Å². The van der Waals surface area contributed by atoms with Gasteiger partial charge in [0.1, 0.15) is 0 Å². The molecule has 34 heavy (non-hydrogen) atoms. The highest BCUT2D eigenvalue weighted by Gasteiger charge is 2.29. The Morgan fingerprint density at radius 1 is 0.824 bits per heavy atom. The molecule has 3 aromatic rings. The number of methoxy groups -OCH3 is 3. The van der Waals surface area contributed by atoms with Crippen molar-refractivity contribution in [2.45, 2.75) is 4.90 Å². The van der Waals surface area contributed by atoms with Crippen molar-refractivity contribution in [3.8, 4) is 28.5 Å². The highest BCUT2D eigenvalue weighted by Crippen LogP contribution is 2.40. The third-order valence-corrected chi connectivity index (χ3v) is 8.07. The third kappa shape index (κ3) is 4.82. The summed E-state index contributed by atoms with van der Waals surface area (Å²) in [6.07, 6.45) is 0. The molecule has 2 aromatic carbocycles. The molecule has 180 valence electrons. The van der Waals surface area contributed by atoms with Crippen molar-refractivity contribution in [3.63, 3.8) is 0 Å². The fourth-order valence-corrected chi connectivity index (χ4v) is 5.48. The van der Waals surface area contributed by atoms with E-state index >= 15 is 0 Å². The summed E-state index contributed by atoms with van der Waals surface area (Å²) in [6.45, 7) is 1.78. The van der Waals surface area contributed by atoms with Gasteiger partial charge in [-0.1, -0.05) is 15.9 Å². The minimum Gasteiger partial charge on any atom is -0.493 e. The molecular formula is C23H25BrN4O5S. The minimum atomic E-state index is -3.53. The molecule has 9 nitrogen and oxygen atoms in total. The second-order valence-electron chi connectivity index (χ2n) is 7.54. The molecule has 4 rings (SSSR count). The van der Waals surface area contributed by atoms with E-state index in [1.165, 1.54) is 4.31 Å². The van der Waals surface area contributed by atoms with Crippen LogP contribution in [-0.2, 0) is 10.0 Å². The number of benzene rings is 2. The Kier molecular flexibility index (Phi) is 7.24. The Hall–Kier alpha value is -2.89. The molecule has 1 fully saturated rings. The molecule has 2 heterocycles. The van der Waals surface area contributed by atoms with Gasteiger partial charge in [0.2, 0.25) is 15.8 Å². The average Bonchev–Trinajstić information content (AvgIpc) is 2.88. The van der Waals surface area contributed by atoms with E-state index in [0.29, 0.717) is 59.8 Å². The Labute approximate surface area is 207 Å². The molecule has 1 saturated heterocycles. The lowest BCUT2D eigenvalue weighted by Gasteiger charge is -2.34. The Bertz CT molecular complexity index is 1220. The maximum atomic E-state index is 12.9. The van der Waals surface area contributed by atoms with E-state index in [1.54, 1.807) is 45.6 Å². The summed E-state index contributed by atoms with van der Waals surface area (Å²) in [7, 11) is 1.15. The van der Waals surface area contributed by atoms with Crippen molar-refractivity contribution in [3.05, 3.63) is 53.0 Å². The molecule has 0 bridgehead atoms. The number of nitrogens with zero attached hydrogens (tertiary/aromatic N) is 4. The van der Waals surface area contributed by atoms with Crippen LogP contribution < -0.4 is 19.1 Å². The number of ether oxygens (including phenoxy) is 3. The van der Waals surface area contributed by atoms with Gasteiger partial charge in [-0.2, -0.15) is 4.31 Å². The third-order valence-electron chi connectivity index (χ3n) is 5.63. The van der Waals surface area contributed by atoms with E-state index in [-0.39, 0.29) is 0 Å². The van der Waals surface area contributed by atoms with Crippen LogP contribution >= 0.6 is 15.9 Å². The highest BCUT2D eigenvalue weighted by molar-refractivity contribution is 9.10. The summed E-state index contributed by atoms with van der Waals surface area (Å²) in [5.41, 5.74) is 1.43. The quantitative estimate of drug-likeness (QED) is 0.443. The summed E-state index contributed by atoms with van der Waals surface area (Å²) >= 11 is 3.34. The number of halogens is 1. The van der Waals surface area contributed by atoms with Crippen LogP contribution in [0.1, 0.15) is 0 Å². The molecule has 1 aromatic heterocycles. The molecule has 0 amide bonds. The summed E-state index contributed by atoms with van der Waals surface area (Å²) < 4.78 is 44.4. The second kappa shape index (κ2) is 10.2.